The molecule has 0 saturated carbocycles. The zero-order valence-electron chi connectivity index (χ0n) is 11.9. The summed E-state index contributed by atoms with van der Waals surface area (Å²) in [7, 11) is 0. The quantitative estimate of drug-likeness (QED) is 0.592. The van der Waals surface area contributed by atoms with Gasteiger partial charge in [-0.3, -0.25) is 0 Å². The second-order valence-electron chi connectivity index (χ2n) is 4.75. The van der Waals surface area contributed by atoms with Gasteiger partial charge in [-0.25, -0.2) is 9.59 Å². The highest BCUT2D eigenvalue weighted by Gasteiger charge is 2.26. The monoisotopic (exact) mass is 272 g/mol. The largest absolute Gasteiger partial charge is 0.465 e. The smallest absolute Gasteiger partial charge is 0.407 e. The number of nitrogens with one attached hydrogen (secondary N) is 2. The predicted octanol–water partition coefficient (Wildman–Crippen LogP) is 2.36. The summed E-state index contributed by atoms with van der Waals surface area (Å²) in [6, 6.07) is 0. The highest BCUT2D eigenvalue weighted by Crippen LogP contribution is 2.22. The molecule has 3 N–H and O–H groups in total. The fraction of sp³-hybridized carbons (Fsp3) is 0.692. The van der Waals surface area contributed by atoms with Crippen LogP contribution in [0.2, 0.25) is 0 Å². The van der Waals surface area contributed by atoms with Crippen LogP contribution in [0.3, 0.4) is 0 Å². The van der Waals surface area contributed by atoms with Crippen LogP contribution in [0.5, 0.6) is 0 Å². The molecular formula is C13H24N2O4. The fourth-order valence-electron chi connectivity index (χ4n) is 1.66. The van der Waals surface area contributed by atoms with Crippen molar-refractivity contribution in [3.05, 3.63) is 12.2 Å². The summed E-state index contributed by atoms with van der Waals surface area (Å²) < 4.78 is 5.12. The van der Waals surface area contributed by atoms with Gasteiger partial charge in [0.15, 0.2) is 0 Å². The first kappa shape index (κ1) is 17.3. The number of hydrogen-bond acceptors (Lipinski definition) is 3. The van der Waals surface area contributed by atoms with Crippen LogP contribution in [0.4, 0.5) is 9.59 Å². The number of carbonyl (C=O) groups excluding carboxylic acids is 1. The molecule has 0 aliphatic carbocycles. The Labute approximate surface area is 114 Å². The maximum atomic E-state index is 11.4. The highest BCUT2D eigenvalue weighted by atomic mass is 16.5. The molecule has 2 amide bonds. The van der Waals surface area contributed by atoms with Crippen LogP contribution in [0, 0.1) is 5.41 Å². The van der Waals surface area contributed by atoms with Gasteiger partial charge in [0.2, 0.25) is 0 Å². The molecule has 6 heteroatoms. The Morgan fingerprint density at radius 1 is 1.37 bits per heavy atom. The summed E-state index contributed by atoms with van der Waals surface area (Å²) in [5.74, 6) is 0. The summed E-state index contributed by atoms with van der Waals surface area (Å²) in [6.45, 7) is 6.63. The molecule has 1 atom stereocenters. The minimum absolute atomic E-state index is 0.183. The van der Waals surface area contributed by atoms with Crippen LogP contribution < -0.4 is 10.6 Å². The van der Waals surface area contributed by atoms with E-state index in [9.17, 15) is 9.59 Å². The zero-order chi connectivity index (χ0) is 14.7. The molecule has 0 aliphatic heterocycles. The Bertz CT molecular complexity index is 318. The number of amides is 2. The number of rotatable bonds is 8. The van der Waals surface area contributed by atoms with Crippen LogP contribution >= 0.6 is 0 Å². The molecule has 0 saturated heterocycles. The molecule has 0 rings (SSSR count). The fourth-order valence-corrected chi connectivity index (χ4v) is 1.66. The lowest BCUT2D eigenvalue weighted by molar-refractivity contribution is 0.0845. The van der Waals surface area contributed by atoms with E-state index >= 15 is 0 Å². The van der Waals surface area contributed by atoms with Crippen molar-refractivity contribution in [1.29, 1.82) is 0 Å². The molecule has 0 aromatic heterocycles. The second-order valence-corrected chi connectivity index (χ2v) is 4.75. The van der Waals surface area contributed by atoms with Gasteiger partial charge in [0.05, 0.1) is 0 Å². The maximum absolute atomic E-state index is 11.4. The molecular weight excluding hydrogens is 248 g/mol. The Morgan fingerprint density at radius 2 is 2.05 bits per heavy atom. The molecule has 1 unspecified atom stereocenters. The molecule has 110 valence electrons. The molecule has 0 radical (unpaired) electrons. The van der Waals surface area contributed by atoms with Crippen LogP contribution in [0.1, 0.15) is 33.6 Å². The first-order chi connectivity index (χ1) is 8.93. The topological polar surface area (TPSA) is 87.7 Å². The average Bonchev–Trinajstić information content (AvgIpc) is 2.35. The lowest BCUT2D eigenvalue weighted by Gasteiger charge is -2.28. The molecule has 0 fully saturated rings. The van der Waals surface area contributed by atoms with Gasteiger partial charge in [0.1, 0.15) is 6.61 Å². The van der Waals surface area contributed by atoms with E-state index in [4.69, 9.17) is 9.84 Å². The van der Waals surface area contributed by atoms with E-state index in [1.807, 2.05) is 26.8 Å². The number of allylic oxidation sites excluding steroid dienone is 1. The van der Waals surface area contributed by atoms with E-state index in [2.05, 4.69) is 10.6 Å². The summed E-state index contributed by atoms with van der Waals surface area (Å²) in [5.41, 5.74) is -0.384. The summed E-state index contributed by atoms with van der Waals surface area (Å²) in [6.07, 6.45) is 3.74. The molecule has 0 bridgehead atoms. The average molecular weight is 272 g/mol. The third-order valence-electron chi connectivity index (χ3n) is 2.67. The normalized spacial score (nSPS) is 13.8. The number of carboxylic acid groups (broad SMARTS) is 1. The van der Waals surface area contributed by atoms with E-state index in [0.29, 0.717) is 6.54 Å². The lowest BCUT2D eigenvalue weighted by Crippen LogP contribution is -2.39. The van der Waals surface area contributed by atoms with Crippen molar-refractivity contribution in [1.82, 2.24) is 10.6 Å². The number of hydrogen-bond donors (Lipinski definition) is 3. The number of alkyl carbamates (subject to hydrolysis) is 1. The minimum atomic E-state index is -1.07. The molecule has 0 aromatic carbocycles. The van der Waals surface area contributed by atoms with E-state index in [-0.39, 0.29) is 18.6 Å². The van der Waals surface area contributed by atoms with Crippen molar-refractivity contribution in [2.45, 2.75) is 33.6 Å². The summed E-state index contributed by atoms with van der Waals surface area (Å²) in [5, 5.41) is 13.5. The minimum Gasteiger partial charge on any atom is -0.465 e. The van der Waals surface area contributed by atoms with Crippen LogP contribution in [-0.4, -0.2) is 37.0 Å². The third kappa shape index (κ3) is 8.93. The van der Waals surface area contributed by atoms with E-state index in [1.54, 1.807) is 6.08 Å². The number of carbonyl (C=O) groups is 2. The van der Waals surface area contributed by atoms with Gasteiger partial charge in [-0.05, 0) is 13.3 Å². The van der Waals surface area contributed by atoms with Crippen molar-refractivity contribution < 1.29 is 19.4 Å². The first-order valence-corrected chi connectivity index (χ1v) is 6.42. The SMILES string of the molecule is C/C=C/CNC(=O)OCC(C)(CCC)CNC(=O)O. The van der Waals surface area contributed by atoms with Crippen molar-refractivity contribution in [3.8, 4) is 0 Å². The number of ether oxygens (including phenoxy) is 1. The van der Waals surface area contributed by atoms with Crippen molar-refractivity contribution in [2.75, 3.05) is 19.7 Å². The van der Waals surface area contributed by atoms with Gasteiger partial charge >= 0.3 is 12.2 Å². The molecule has 0 spiro atoms. The van der Waals surface area contributed by atoms with Gasteiger partial charge in [0, 0.05) is 18.5 Å². The molecule has 0 aliphatic rings. The lowest BCUT2D eigenvalue weighted by atomic mass is 9.86. The van der Waals surface area contributed by atoms with Gasteiger partial charge in [-0.15, -0.1) is 0 Å². The van der Waals surface area contributed by atoms with Gasteiger partial charge in [0.25, 0.3) is 0 Å². The van der Waals surface area contributed by atoms with Crippen LogP contribution in [-0.2, 0) is 4.74 Å². The Kier molecular flexibility index (Phi) is 8.41. The maximum Gasteiger partial charge on any atom is 0.407 e. The van der Waals surface area contributed by atoms with Crippen LogP contribution in [0.15, 0.2) is 12.2 Å². The first-order valence-electron chi connectivity index (χ1n) is 6.42. The van der Waals surface area contributed by atoms with Gasteiger partial charge in [-0.1, -0.05) is 32.4 Å². The zero-order valence-corrected chi connectivity index (χ0v) is 11.9. The predicted molar refractivity (Wildman–Crippen MR) is 73.2 cm³/mol. The van der Waals surface area contributed by atoms with Crippen molar-refractivity contribution in [2.24, 2.45) is 5.41 Å². The van der Waals surface area contributed by atoms with E-state index in [1.165, 1.54) is 0 Å². The standard InChI is InChI=1S/C13H24N2O4/c1-4-6-8-14-12(18)19-10-13(3,7-5-2)9-15-11(16)17/h4,6,15H,5,7-10H2,1-3H3,(H,14,18)(H,16,17)/b6-4+. The summed E-state index contributed by atoms with van der Waals surface area (Å²) in [4.78, 5) is 21.9. The Balaban J connectivity index is 4.17. The Hall–Kier alpha value is -1.72. The molecule has 6 nitrogen and oxygen atoms in total. The van der Waals surface area contributed by atoms with Gasteiger partial charge < -0.3 is 20.5 Å². The van der Waals surface area contributed by atoms with Gasteiger partial charge in [-0.2, -0.15) is 0 Å². The van der Waals surface area contributed by atoms with E-state index in [0.717, 1.165) is 12.8 Å². The molecule has 19 heavy (non-hydrogen) atoms. The van der Waals surface area contributed by atoms with Crippen LogP contribution in [0.25, 0.3) is 0 Å². The van der Waals surface area contributed by atoms with Crippen molar-refractivity contribution >= 4 is 12.2 Å². The molecule has 0 aromatic rings. The van der Waals surface area contributed by atoms with Crippen molar-refractivity contribution in [3.63, 3.8) is 0 Å². The highest BCUT2D eigenvalue weighted by molar-refractivity contribution is 5.67. The Morgan fingerprint density at radius 3 is 2.58 bits per heavy atom. The molecule has 0 heterocycles. The second kappa shape index (κ2) is 9.24. The third-order valence-corrected chi connectivity index (χ3v) is 2.67. The summed E-state index contributed by atoms with van der Waals surface area (Å²) >= 11 is 0. The van der Waals surface area contributed by atoms with E-state index < -0.39 is 12.2 Å².